The van der Waals surface area contributed by atoms with Gasteiger partial charge in [0.05, 0.1) is 35.1 Å². The molecule has 236 valence electrons. The van der Waals surface area contributed by atoms with E-state index in [0.717, 1.165) is 28.0 Å². The molecular weight excluding hydrogens is 602 g/mol. The topological polar surface area (TPSA) is 128 Å². The Bertz CT molecular complexity index is 1720. The van der Waals surface area contributed by atoms with Crippen molar-refractivity contribution in [3.63, 3.8) is 0 Å². The zero-order valence-electron chi connectivity index (χ0n) is 25.8. The van der Waals surface area contributed by atoms with Crippen LogP contribution in [0.25, 0.3) is 11.6 Å². The summed E-state index contributed by atoms with van der Waals surface area (Å²) in [6, 6.07) is 17.5. The summed E-state index contributed by atoms with van der Waals surface area (Å²) < 4.78 is 5.13. The van der Waals surface area contributed by atoms with Crippen molar-refractivity contribution in [1.29, 1.82) is 5.26 Å². The molecule has 46 heavy (non-hydrogen) atoms. The van der Waals surface area contributed by atoms with E-state index in [1.54, 1.807) is 41.6 Å². The second kappa shape index (κ2) is 14.4. The number of ether oxygens (including phenoxy) is 1. The molecule has 11 heteroatoms. The first-order chi connectivity index (χ1) is 22.3. The van der Waals surface area contributed by atoms with E-state index in [4.69, 9.17) is 32.3 Å². The van der Waals surface area contributed by atoms with E-state index in [0.29, 0.717) is 48.0 Å². The number of piperazine rings is 1. The molecule has 3 N–H and O–H groups in total. The summed E-state index contributed by atoms with van der Waals surface area (Å²) in [7, 11) is 3.28. The monoisotopic (exact) mass is 637 g/mol. The highest BCUT2D eigenvalue weighted by atomic mass is 35.5. The SMILES string of the molecule is C=CN(C)/C(=C\N)C(NC(=O)COC)C1=Cc2cccnc2C(N2CCN(C(=O)c3ccc(C#N)cc3)CC2)c2ccc(Cl)cc21. The normalized spacial score (nSPS) is 17.0. The molecule has 2 unspecified atom stereocenters. The van der Waals surface area contributed by atoms with E-state index < -0.39 is 6.04 Å². The van der Waals surface area contributed by atoms with Crippen LogP contribution >= 0.6 is 11.6 Å². The number of nitriles is 1. The summed E-state index contributed by atoms with van der Waals surface area (Å²) in [5.41, 5.74) is 12.2. The summed E-state index contributed by atoms with van der Waals surface area (Å²) >= 11 is 6.64. The summed E-state index contributed by atoms with van der Waals surface area (Å²) in [5.74, 6) is -0.384. The number of amides is 2. The number of benzene rings is 2. The van der Waals surface area contributed by atoms with Gasteiger partial charge in [-0.05, 0) is 77.0 Å². The lowest BCUT2D eigenvalue weighted by molar-refractivity contribution is -0.124. The molecule has 0 radical (unpaired) electrons. The number of carbonyl (C=O) groups is 2. The maximum atomic E-state index is 13.3. The summed E-state index contributed by atoms with van der Waals surface area (Å²) in [6.45, 7) is 5.99. The van der Waals surface area contributed by atoms with Crippen molar-refractivity contribution in [2.75, 3.05) is 46.9 Å². The number of carbonyl (C=O) groups excluding carboxylic acids is 2. The Kier molecular flexibility index (Phi) is 10.2. The molecular formula is C35H36ClN7O3. The van der Waals surface area contributed by atoms with Crippen LogP contribution in [0.5, 0.6) is 0 Å². The first-order valence-electron chi connectivity index (χ1n) is 14.8. The van der Waals surface area contributed by atoms with Crippen LogP contribution in [0.1, 0.15) is 44.3 Å². The van der Waals surface area contributed by atoms with E-state index in [9.17, 15) is 9.59 Å². The molecule has 1 aliphatic carbocycles. The maximum Gasteiger partial charge on any atom is 0.253 e. The first kappa shape index (κ1) is 32.4. The second-order valence-corrected chi connectivity index (χ2v) is 11.5. The van der Waals surface area contributed by atoms with Crippen molar-refractivity contribution in [2.45, 2.75) is 12.1 Å². The highest BCUT2D eigenvalue weighted by Crippen LogP contribution is 2.42. The number of fused-ring (bicyclic) bond motifs is 2. The zero-order valence-corrected chi connectivity index (χ0v) is 26.6. The van der Waals surface area contributed by atoms with Crippen molar-refractivity contribution in [3.8, 4) is 6.07 Å². The van der Waals surface area contributed by atoms with Crippen molar-refractivity contribution in [1.82, 2.24) is 25.0 Å². The van der Waals surface area contributed by atoms with Crippen LogP contribution < -0.4 is 11.1 Å². The van der Waals surface area contributed by atoms with Crippen molar-refractivity contribution in [2.24, 2.45) is 5.73 Å². The highest BCUT2D eigenvalue weighted by Gasteiger charge is 2.36. The van der Waals surface area contributed by atoms with Gasteiger partial charge in [0, 0.05) is 63.3 Å². The number of likely N-dealkylation sites (N-methyl/N-ethyl adjacent to an activating group) is 1. The maximum absolute atomic E-state index is 13.3. The molecule has 10 nitrogen and oxygen atoms in total. The summed E-state index contributed by atoms with van der Waals surface area (Å²) in [4.78, 5) is 37.1. The highest BCUT2D eigenvalue weighted by molar-refractivity contribution is 6.30. The van der Waals surface area contributed by atoms with Gasteiger partial charge in [-0.1, -0.05) is 30.3 Å². The van der Waals surface area contributed by atoms with Gasteiger partial charge in [0.2, 0.25) is 5.91 Å². The van der Waals surface area contributed by atoms with Crippen LogP contribution in [0.2, 0.25) is 5.02 Å². The molecule has 1 saturated heterocycles. The van der Waals surface area contributed by atoms with Gasteiger partial charge in [-0.2, -0.15) is 5.26 Å². The number of methoxy groups -OCH3 is 1. The predicted octanol–water partition coefficient (Wildman–Crippen LogP) is 4.01. The number of rotatable bonds is 9. The molecule has 2 heterocycles. The number of aromatic nitrogens is 1. The number of nitrogens with zero attached hydrogens (tertiary/aromatic N) is 5. The molecule has 2 aromatic carbocycles. The fraction of sp³-hybridized carbons (Fsp3) is 0.257. The summed E-state index contributed by atoms with van der Waals surface area (Å²) in [6.07, 6.45) is 6.89. The standard InChI is InChI=1S/C35H36ClN7O3/c1-4-41(2)30(21-38)33(40-31(44)22-46-3)29-18-25-6-5-13-39-32(25)34(27-12-11-26(36)19-28(27)29)42-14-16-43(17-15-42)35(45)24-9-7-23(20-37)8-10-24/h4-13,18-19,21,33-34H,1,14-17,22,38H2,2-3H3,(H,40,44)/b30-21-. The molecule has 2 aliphatic rings. The van der Waals surface area contributed by atoms with Crippen LogP contribution in [0, 0.1) is 11.3 Å². The lowest BCUT2D eigenvalue weighted by Gasteiger charge is -2.40. The quantitative estimate of drug-likeness (QED) is 0.360. The number of halogens is 1. The molecule has 2 atom stereocenters. The third-order valence-electron chi connectivity index (χ3n) is 8.33. The molecule has 5 rings (SSSR count). The van der Waals surface area contributed by atoms with E-state index in [2.05, 4.69) is 22.9 Å². The van der Waals surface area contributed by atoms with Crippen molar-refractivity contribution in [3.05, 3.63) is 124 Å². The Balaban J connectivity index is 1.55. The van der Waals surface area contributed by atoms with Crippen molar-refractivity contribution >= 4 is 35.1 Å². The largest absolute Gasteiger partial charge is 0.403 e. The third-order valence-corrected chi connectivity index (χ3v) is 8.56. The fourth-order valence-corrected chi connectivity index (χ4v) is 6.19. The minimum atomic E-state index is -0.679. The smallest absolute Gasteiger partial charge is 0.253 e. The van der Waals surface area contributed by atoms with Crippen LogP contribution in [-0.4, -0.2) is 84.5 Å². The van der Waals surface area contributed by atoms with Crippen LogP contribution in [0.15, 0.2) is 85.5 Å². The fourth-order valence-electron chi connectivity index (χ4n) is 6.02. The molecule has 1 aliphatic heterocycles. The number of hydrogen-bond donors (Lipinski definition) is 2. The third kappa shape index (κ3) is 6.67. The zero-order chi connectivity index (χ0) is 32.8. The number of pyridine rings is 1. The molecule has 2 amide bonds. The molecule has 0 bridgehead atoms. The van der Waals surface area contributed by atoms with Gasteiger partial charge in [-0.25, -0.2) is 0 Å². The van der Waals surface area contributed by atoms with Gasteiger partial charge >= 0.3 is 0 Å². The second-order valence-electron chi connectivity index (χ2n) is 11.0. The van der Waals surface area contributed by atoms with Gasteiger partial charge in [-0.3, -0.25) is 19.5 Å². The Morgan fingerprint density at radius 3 is 2.61 bits per heavy atom. The Morgan fingerprint density at radius 2 is 1.96 bits per heavy atom. The predicted molar refractivity (Wildman–Crippen MR) is 178 cm³/mol. The van der Waals surface area contributed by atoms with Gasteiger partial charge in [0.15, 0.2) is 0 Å². The lowest BCUT2D eigenvalue weighted by atomic mass is 9.89. The van der Waals surface area contributed by atoms with Crippen molar-refractivity contribution < 1.29 is 14.3 Å². The van der Waals surface area contributed by atoms with Gasteiger partial charge in [-0.15, -0.1) is 0 Å². The Hall–Kier alpha value is -4.95. The van der Waals surface area contributed by atoms with E-state index in [1.165, 1.54) is 13.3 Å². The molecule has 3 aromatic rings. The van der Waals surface area contributed by atoms with Gasteiger partial charge in [0.1, 0.15) is 6.61 Å². The average molecular weight is 638 g/mol. The van der Waals surface area contributed by atoms with Gasteiger partial charge in [0.25, 0.3) is 5.91 Å². The number of nitrogens with two attached hydrogens (primary N) is 1. The average Bonchev–Trinajstić information content (AvgIpc) is 3.22. The number of hydrogen-bond acceptors (Lipinski definition) is 8. The Labute approximate surface area is 274 Å². The minimum Gasteiger partial charge on any atom is -0.403 e. The number of nitrogens with one attached hydrogen (secondary N) is 1. The lowest BCUT2D eigenvalue weighted by Crippen LogP contribution is -2.50. The molecule has 0 spiro atoms. The molecule has 1 fully saturated rings. The molecule has 0 saturated carbocycles. The van der Waals surface area contributed by atoms with Gasteiger partial charge < -0.3 is 25.6 Å². The first-order valence-corrected chi connectivity index (χ1v) is 15.2. The molecule has 1 aromatic heterocycles. The van der Waals surface area contributed by atoms with E-state index >= 15 is 0 Å². The van der Waals surface area contributed by atoms with E-state index in [1.807, 2.05) is 48.4 Å². The van der Waals surface area contributed by atoms with Crippen LogP contribution in [0.3, 0.4) is 0 Å². The van der Waals surface area contributed by atoms with E-state index in [-0.39, 0.29) is 24.5 Å². The Morgan fingerprint density at radius 1 is 1.22 bits per heavy atom. The van der Waals surface area contributed by atoms with Crippen LogP contribution in [0.4, 0.5) is 0 Å². The van der Waals surface area contributed by atoms with Crippen LogP contribution in [-0.2, 0) is 9.53 Å². The minimum absolute atomic E-state index is 0.0678. The summed E-state index contributed by atoms with van der Waals surface area (Å²) in [5, 5.41) is 12.8.